The Labute approximate surface area is 105 Å². The summed E-state index contributed by atoms with van der Waals surface area (Å²) in [5, 5.41) is 10.5. The van der Waals surface area contributed by atoms with E-state index in [1.54, 1.807) is 12.1 Å². The minimum atomic E-state index is -0.434. The highest BCUT2D eigenvalue weighted by atomic mass is 16.6. The van der Waals surface area contributed by atoms with Crippen molar-refractivity contribution >= 4 is 17.5 Å². The van der Waals surface area contributed by atoms with Crippen LogP contribution in [0.2, 0.25) is 0 Å². The van der Waals surface area contributed by atoms with Gasteiger partial charge in [0.1, 0.15) is 0 Å². The van der Waals surface area contributed by atoms with E-state index < -0.39 is 4.92 Å². The molecule has 1 aliphatic heterocycles. The summed E-state index contributed by atoms with van der Waals surface area (Å²) in [7, 11) is 1.97. The lowest BCUT2D eigenvalue weighted by Gasteiger charge is -2.23. The highest BCUT2D eigenvalue weighted by molar-refractivity contribution is 6.00. The Hall–Kier alpha value is -2.01. The van der Waals surface area contributed by atoms with E-state index in [9.17, 15) is 14.9 Å². The maximum atomic E-state index is 11.7. The van der Waals surface area contributed by atoms with Crippen molar-refractivity contribution < 1.29 is 9.72 Å². The molecule has 0 bridgehead atoms. The molecule has 1 aromatic carbocycles. The summed E-state index contributed by atoms with van der Waals surface area (Å²) < 4.78 is 0. The van der Waals surface area contributed by atoms with Crippen molar-refractivity contribution in [2.45, 2.75) is 6.42 Å². The van der Waals surface area contributed by atoms with Gasteiger partial charge in [0, 0.05) is 37.2 Å². The summed E-state index contributed by atoms with van der Waals surface area (Å²) in [5.41, 5.74) is 1.64. The van der Waals surface area contributed by atoms with Crippen LogP contribution in [0.3, 0.4) is 0 Å². The Bertz CT molecular complexity index is 505. The lowest BCUT2D eigenvalue weighted by Crippen LogP contribution is -2.32. The van der Waals surface area contributed by atoms with Gasteiger partial charge >= 0.3 is 0 Å². The third kappa shape index (κ3) is 2.81. The number of piperidine rings is 1. The van der Waals surface area contributed by atoms with E-state index in [1.165, 1.54) is 12.1 Å². The number of benzene rings is 1. The first kappa shape index (κ1) is 12.4. The molecule has 94 valence electrons. The normalized spacial score (nSPS) is 19.2. The van der Waals surface area contributed by atoms with Crippen LogP contribution in [0.5, 0.6) is 0 Å². The number of hydrogen-bond acceptors (Lipinski definition) is 4. The predicted molar refractivity (Wildman–Crippen MR) is 68.2 cm³/mol. The van der Waals surface area contributed by atoms with Crippen LogP contribution in [0.4, 0.5) is 5.69 Å². The zero-order chi connectivity index (χ0) is 13.1. The number of non-ortho nitro benzene ring substituents is 1. The van der Waals surface area contributed by atoms with E-state index in [1.807, 2.05) is 13.1 Å². The molecule has 5 heteroatoms. The van der Waals surface area contributed by atoms with Gasteiger partial charge in [0.05, 0.1) is 4.92 Å². The maximum absolute atomic E-state index is 11.7. The van der Waals surface area contributed by atoms with Crippen molar-refractivity contribution in [2.75, 3.05) is 20.1 Å². The Morgan fingerprint density at radius 2 is 2.00 bits per heavy atom. The fourth-order valence-corrected chi connectivity index (χ4v) is 1.93. The second-order valence-corrected chi connectivity index (χ2v) is 4.43. The molecule has 5 nitrogen and oxygen atoms in total. The van der Waals surface area contributed by atoms with Crippen LogP contribution in [-0.4, -0.2) is 35.7 Å². The summed E-state index contributed by atoms with van der Waals surface area (Å²) >= 11 is 0. The van der Waals surface area contributed by atoms with Gasteiger partial charge in [0.25, 0.3) is 5.69 Å². The largest absolute Gasteiger partial charge is 0.302 e. The van der Waals surface area contributed by atoms with Gasteiger partial charge in [0.15, 0.2) is 5.78 Å². The molecular weight excluding hydrogens is 232 g/mol. The number of carbonyl (C=O) groups is 1. The van der Waals surface area contributed by atoms with Gasteiger partial charge in [0.2, 0.25) is 0 Å². The van der Waals surface area contributed by atoms with Crippen molar-refractivity contribution in [3.8, 4) is 0 Å². The number of nitrogens with zero attached hydrogens (tertiary/aromatic N) is 2. The topological polar surface area (TPSA) is 63.5 Å². The Balaban J connectivity index is 2.21. The van der Waals surface area contributed by atoms with Gasteiger partial charge < -0.3 is 4.90 Å². The number of ketones is 1. The van der Waals surface area contributed by atoms with Crippen molar-refractivity contribution in [1.29, 1.82) is 0 Å². The number of hydrogen-bond donors (Lipinski definition) is 0. The van der Waals surface area contributed by atoms with Gasteiger partial charge in [-0.1, -0.05) is 0 Å². The van der Waals surface area contributed by atoms with E-state index in [0.717, 1.165) is 17.7 Å². The molecule has 0 N–H and O–H groups in total. The fraction of sp³-hybridized carbons (Fsp3) is 0.308. The zero-order valence-electron chi connectivity index (χ0n) is 10.1. The molecule has 0 spiro atoms. The highest BCUT2D eigenvalue weighted by Gasteiger charge is 2.18. The van der Waals surface area contributed by atoms with Crippen LogP contribution in [0.15, 0.2) is 29.8 Å². The van der Waals surface area contributed by atoms with Crippen molar-refractivity contribution in [1.82, 2.24) is 4.90 Å². The molecule has 1 aromatic rings. The fourth-order valence-electron chi connectivity index (χ4n) is 1.93. The molecule has 1 aliphatic rings. The molecule has 0 amide bonds. The Morgan fingerprint density at radius 3 is 2.61 bits per heavy atom. The van der Waals surface area contributed by atoms with Gasteiger partial charge in [-0.05, 0) is 30.8 Å². The molecule has 1 fully saturated rings. The lowest BCUT2D eigenvalue weighted by molar-refractivity contribution is -0.384. The predicted octanol–water partition coefficient (Wildman–Crippen LogP) is 1.88. The molecule has 2 rings (SSSR count). The molecule has 0 atom stereocenters. The van der Waals surface area contributed by atoms with Crippen LogP contribution >= 0.6 is 0 Å². The van der Waals surface area contributed by atoms with E-state index in [2.05, 4.69) is 4.90 Å². The first-order chi connectivity index (χ1) is 8.56. The minimum absolute atomic E-state index is 0.0595. The minimum Gasteiger partial charge on any atom is -0.302 e. The van der Waals surface area contributed by atoms with Gasteiger partial charge in [-0.3, -0.25) is 14.9 Å². The van der Waals surface area contributed by atoms with Crippen LogP contribution in [0.1, 0.15) is 12.0 Å². The first-order valence-electron chi connectivity index (χ1n) is 5.73. The Morgan fingerprint density at radius 1 is 1.33 bits per heavy atom. The maximum Gasteiger partial charge on any atom is 0.269 e. The first-order valence-corrected chi connectivity index (χ1v) is 5.73. The quantitative estimate of drug-likeness (QED) is 0.454. The van der Waals surface area contributed by atoms with E-state index >= 15 is 0 Å². The molecule has 0 aliphatic carbocycles. The standard InChI is InChI=1S/C13H14N2O3/c1-14-7-6-13(16)11(9-14)8-10-2-4-12(5-3-10)15(17)18/h2-5,8H,6-7,9H2,1H3/b11-8+. The second kappa shape index (κ2) is 5.10. The smallest absolute Gasteiger partial charge is 0.269 e. The SMILES string of the molecule is CN1CCC(=O)/C(=C/c2ccc([N+](=O)[O-])cc2)C1. The molecule has 0 saturated carbocycles. The van der Waals surface area contributed by atoms with Crippen LogP contribution in [0, 0.1) is 10.1 Å². The van der Waals surface area contributed by atoms with Gasteiger partial charge in [-0.2, -0.15) is 0 Å². The number of Topliss-reactive ketones (excluding diaryl/α,β-unsaturated/α-hetero) is 1. The van der Waals surface area contributed by atoms with Crippen molar-refractivity contribution in [3.63, 3.8) is 0 Å². The van der Waals surface area contributed by atoms with E-state index in [4.69, 9.17) is 0 Å². The molecular formula is C13H14N2O3. The summed E-state index contributed by atoms with van der Waals surface area (Å²) in [6, 6.07) is 6.22. The van der Waals surface area contributed by atoms with E-state index in [-0.39, 0.29) is 11.5 Å². The number of nitro benzene ring substituents is 1. The molecule has 1 saturated heterocycles. The van der Waals surface area contributed by atoms with Crippen LogP contribution in [0.25, 0.3) is 6.08 Å². The molecule has 0 unspecified atom stereocenters. The van der Waals surface area contributed by atoms with Crippen LogP contribution < -0.4 is 0 Å². The molecule has 1 heterocycles. The van der Waals surface area contributed by atoms with Crippen molar-refractivity contribution in [2.24, 2.45) is 0 Å². The average Bonchev–Trinajstić information content (AvgIpc) is 2.34. The molecule has 0 aromatic heterocycles. The molecule has 0 radical (unpaired) electrons. The monoisotopic (exact) mass is 246 g/mol. The van der Waals surface area contributed by atoms with Crippen molar-refractivity contribution in [3.05, 3.63) is 45.5 Å². The van der Waals surface area contributed by atoms with Gasteiger partial charge in [-0.15, -0.1) is 0 Å². The zero-order valence-corrected chi connectivity index (χ0v) is 10.1. The number of rotatable bonds is 2. The number of likely N-dealkylation sites (tertiary alicyclic amines) is 1. The average molecular weight is 246 g/mol. The number of nitro groups is 1. The third-order valence-electron chi connectivity index (χ3n) is 2.96. The Kier molecular flexibility index (Phi) is 3.53. The summed E-state index contributed by atoms with van der Waals surface area (Å²) in [6.45, 7) is 1.42. The van der Waals surface area contributed by atoms with Crippen LogP contribution in [-0.2, 0) is 4.79 Å². The van der Waals surface area contributed by atoms with Gasteiger partial charge in [-0.25, -0.2) is 0 Å². The molecule has 18 heavy (non-hydrogen) atoms. The summed E-state index contributed by atoms with van der Waals surface area (Å²) in [4.78, 5) is 23.9. The second-order valence-electron chi connectivity index (χ2n) is 4.43. The number of likely N-dealkylation sites (N-methyl/N-ethyl adjacent to an activating group) is 1. The third-order valence-corrected chi connectivity index (χ3v) is 2.96. The highest BCUT2D eigenvalue weighted by Crippen LogP contribution is 2.17. The summed E-state index contributed by atoms with van der Waals surface area (Å²) in [6.07, 6.45) is 2.34. The lowest BCUT2D eigenvalue weighted by atomic mass is 10.0. The van der Waals surface area contributed by atoms with E-state index in [0.29, 0.717) is 13.0 Å². The summed E-state index contributed by atoms with van der Waals surface area (Å²) in [5.74, 6) is 0.159. The number of carbonyl (C=O) groups excluding carboxylic acids is 1.